The molecule has 0 amide bonds. The Balaban J connectivity index is 2.37. The van der Waals surface area contributed by atoms with Crippen molar-refractivity contribution in [2.75, 3.05) is 32.3 Å². The van der Waals surface area contributed by atoms with Crippen molar-refractivity contribution in [3.05, 3.63) is 17.5 Å². The van der Waals surface area contributed by atoms with Crippen LogP contribution in [0, 0.1) is 6.92 Å². The third-order valence-corrected chi connectivity index (χ3v) is 2.96. The summed E-state index contributed by atoms with van der Waals surface area (Å²) in [5.74, 6) is 1.11. The molecule has 0 aliphatic carbocycles. The van der Waals surface area contributed by atoms with Gasteiger partial charge in [0, 0.05) is 44.3 Å². The maximum atomic E-state index is 4.98. The summed E-state index contributed by atoms with van der Waals surface area (Å²) in [4.78, 5) is 0. The van der Waals surface area contributed by atoms with Gasteiger partial charge in [0.1, 0.15) is 0 Å². The predicted octanol–water partition coefficient (Wildman–Crippen LogP) is 1.29. The molecule has 0 atom stereocenters. The van der Waals surface area contributed by atoms with Crippen LogP contribution in [0.25, 0.3) is 0 Å². The van der Waals surface area contributed by atoms with Crippen LogP contribution in [-0.4, -0.2) is 42.1 Å². The Hall–Kier alpha value is -0.520. The maximum Gasteiger partial charge on any atom is 0.0638 e. The largest absolute Gasteiger partial charge is 0.383 e. The van der Waals surface area contributed by atoms with Gasteiger partial charge in [-0.25, -0.2) is 0 Å². The number of nitrogens with one attached hydrogen (secondary N) is 1. The molecule has 16 heavy (non-hydrogen) atoms. The Morgan fingerprint density at radius 1 is 1.56 bits per heavy atom. The highest BCUT2D eigenvalue weighted by Gasteiger charge is 2.03. The van der Waals surface area contributed by atoms with Crippen molar-refractivity contribution in [3.8, 4) is 0 Å². The molecule has 1 aromatic rings. The highest BCUT2D eigenvalue weighted by molar-refractivity contribution is 7.98. The number of rotatable bonds is 8. The minimum atomic E-state index is 0.750. The van der Waals surface area contributed by atoms with Gasteiger partial charge in [0.2, 0.25) is 0 Å². The number of methoxy groups -OCH3 is 1. The number of ether oxygens (including phenoxy) is 1. The lowest BCUT2D eigenvalue weighted by molar-refractivity contribution is 0.199. The van der Waals surface area contributed by atoms with E-state index in [-0.39, 0.29) is 0 Å². The van der Waals surface area contributed by atoms with Gasteiger partial charge in [0.05, 0.1) is 12.3 Å². The summed E-state index contributed by atoms with van der Waals surface area (Å²) in [7, 11) is 1.72. The number of hydrogen-bond donors (Lipinski definition) is 1. The molecule has 1 N–H and O–H groups in total. The first-order valence-corrected chi connectivity index (χ1v) is 6.89. The van der Waals surface area contributed by atoms with Crippen molar-refractivity contribution < 1.29 is 4.74 Å². The molecule has 0 radical (unpaired) electrons. The molecule has 0 fully saturated rings. The zero-order valence-corrected chi connectivity index (χ0v) is 11.1. The first-order chi connectivity index (χ1) is 7.77. The Morgan fingerprint density at radius 3 is 3.06 bits per heavy atom. The Morgan fingerprint density at radius 2 is 2.38 bits per heavy atom. The molecule has 0 spiro atoms. The highest BCUT2D eigenvalue weighted by atomic mass is 32.2. The summed E-state index contributed by atoms with van der Waals surface area (Å²) in [6.07, 6.45) is 4.24. The average Bonchev–Trinajstić information content (AvgIpc) is 2.63. The monoisotopic (exact) mass is 243 g/mol. The Kier molecular flexibility index (Phi) is 6.52. The van der Waals surface area contributed by atoms with Gasteiger partial charge in [0.25, 0.3) is 0 Å². The van der Waals surface area contributed by atoms with E-state index in [1.165, 1.54) is 5.56 Å². The minimum Gasteiger partial charge on any atom is -0.383 e. The van der Waals surface area contributed by atoms with Gasteiger partial charge in [-0.3, -0.25) is 4.68 Å². The van der Waals surface area contributed by atoms with Gasteiger partial charge >= 0.3 is 0 Å². The third kappa shape index (κ3) is 4.55. The highest BCUT2D eigenvalue weighted by Crippen LogP contribution is 2.06. The zero-order chi connectivity index (χ0) is 11.8. The van der Waals surface area contributed by atoms with Crippen molar-refractivity contribution in [1.82, 2.24) is 15.1 Å². The number of hydrogen-bond acceptors (Lipinski definition) is 4. The van der Waals surface area contributed by atoms with E-state index in [2.05, 4.69) is 29.8 Å². The zero-order valence-electron chi connectivity index (χ0n) is 10.3. The summed E-state index contributed by atoms with van der Waals surface area (Å²) in [6, 6.07) is 0. The topological polar surface area (TPSA) is 39.1 Å². The summed E-state index contributed by atoms with van der Waals surface area (Å²) in [5, 5.41) is 7.81. The first-order valence-electron chi connectivity index (χ1n) is 5.49. The molecular weight excluding hydrogens is 222 g/mol. The number of aryl methyl sites for hydroxylation is 2. The smallest absolute Gasteiger partial charge is 0.0638 e. The average molecular weight is 243 g/mol. The van der Waals surface area contributed by atoms with Gasteiger partial charge in [0.15, 0.2) is 0 Å². The third-order valence-electron chi connectivity index (χ3n) is 2.37. The van der Waals surface area contributed by atoms with Crippen LogP contribution in [0.15, 0.2) is 6.20 Å². The second-order valence-corrected chi connectivity index (χ2v) is 4.65. The maximum absolute atomic E-state index is 4.98. The van der Waals surface area contributed by atoms with Gasteiger partial charge in [-0.2, -0.15) is 16.9 Å². The van der Waals surface area contributed by atoms with Gasteiger partial charge < -0.3 is 10.1 Å². The van der Waals surface area contributed by atoms with Crippen molar-refractivity contribution >= 4 is 11.8 Å². The van der Waals surface area contributed by atoms with E-state index in [0.29, 0.717) is 0 Å². The minimum absolute atomic E-state index is 0.750. The fraction of sp³-hybridized carbons (Fsp3) is 0.727. The molecule has 0 aromatic carbocycles. The van der Waals surface area contributed by atoms with E-state index in [1.807, 2.05) is 16.4 Å². The van der Waals surface area contributed by atoms with Crippen LogP contribution in [0.2, 0.25) is 0 Å². The SMILES string of the molecule is COCCNCc1cn(CCSC)nc1C. The van der Waals surface area contributed by atoms with Crippen molar-refractivity contribution in [3.63, 3.8) is 0 Å². The molecule has 0 bridgehead atoms. The lowest BCUT2D eigenvalue weighted by Gasteiger charge is -2.02. The van der Waals surface area contributed by atoms with Gasteiger partial charge in [-0.05, 0) is 13.2 Å². The molecule has 0 saturated heterocycles. The molecule has 5 heteroatoms. The molecule has 4 nitrogen and oxygen atoms in total. The van der Waals surface area contributed by atoms with Crippen LogP contribution in [0.1, 0.15) is 11.3 Å². The van der Waals surface area contributed by atoms with Crippen LogP contribution in [-0.2, 0) is 17.8 Å². The molecule has 0 unspecified atom stereocenters. The van der Waals surface area contributed by atoms with E-state index in [9.17, 15) is 0 Å². The predicted molar refractivity (Wildman–Crippen MR) is 68.9 cm³/mol. The first kappa shape index (κ1) is 13.5. The molecule has 0 aliphatic rings. The summed E-state index contributed by atoms with van der Waals surface area (Å²) in [6.45, 7) is 5.54. The van der Waals surface area contributed by atoms with E-state index < -0.39 is 0 Å². The van der Waals surface area contributed by atoms with Crippen LogP contribution in [0.3, 0.4) is 0 Å². The van der Waals surface area contributed by atoms with Gasteiger partial charge in [-0.1, -0.05) is 0 Å². The Labute approximate surface area is 102 Å². The van der Waals surface area contributed by atoms with Crippen LogP contribution < -0.4 is 5.32 Å². The van der Waals surface area contributed by atoms with Gasteiger partial charge in [-0.15, -0.1) is 0 Å². The van der Waals surface area contributed by atoms with E-state index in [4.69, 9.17) is 4.74 Å². The molecule has 1 heterocycles. The fourth-order valence-electron chi connectivity index (χ4n) is 1.43. The lowest BCUT2D eigenvalue weighted by atomic mass is 10.2. The molecule has 1 aromatic heterocycles. The summed E-state index contributed by atoms with van der Waals surface area (Å²) < 4.78 is 7.01. The standard InChI is InChI=1S/C11H21N3OS/c1-10-11(8-12-4-6-15-2)9-14(13-10)5-7-16-3/h9,12H,4-8H2,1-3H3. The molecule has 0 aliphatic heterocycles. The molecule has 92 valence electrons. The summed E-state index contributed by atoms with van der Waals surface area (Å²) in [5.41, 5.74) is 2.39. The normalized spacial score (nSPS) is 10.9. The van der Waals surface area contributed by atoms with Crippen molar-refractivity contribution in [2.45, 2.75) is 20.0 Å². The Bertz CT molecular complexity index is 301. The molecule has 1 rings (SSSR count). The van der Waals surface area contributed by atoms with E-state index in [0.717, 1.165) is 37.7 Å². The van der Waals surface area contributed by atoms with E-state index >= 15 is 0 Å². The lowest BCUT2D eigenvalue weighted by Crippen LogP contribution is -2.18. The quantitative estimate of drug-likeness (QED) is 0.698. The van der Waals surface area contributed by atoms with Crippen molar-refractivity contribution in [1.29, 1.82) is 0 Å². The fourth-order valence-corrected chi connectivity index (χ4v) is 1.80. The summed E-state index contributed by atoms with van der Waals surface area (Å²) >= 11 is 1.84. The van der Waals surface area contributed by atoms with E-state index in [1.54, 1.807) is 7.11 Å². The molecular formula is C11H21N3OS. The second-order valence-electron chi connectivity index (χ2n) is 3.67. The van der Waals surface area contributed by atoms with Crippen molar-refractivity contribution in [2.24, 2.45) is 0 Å². The number of nitrogens with zero attached hydrogens (tertiary/aromatic N) is 2. The van der Waals surface area contributed by atoms with Crippen LogP contribution in [0.4, 0.5) is 0 Å². The number of thioether (sulfide) groups is 1. The van der Waals surface area contributed by atoms with Crippen LogP contribution in [0.5, 0.6) is 0 Å². The van der Waals surface area contributed by atoms with Crippen LogP contribution >= 0.6 is 11.8 Å². The number of aromatic nitrogens is 2. The second kappa shape index (κ2) is 7.70. The molecule has 0 saturated carbocycles.